The average molecular weight is 344 g/mol. The number of carbonyl (C=O) groups excluding carboxylic acids is 1. The number of carbonyl (C=O) groups is 1. The molecule has 2 saturated carbocycles. The van der Waals surface area contributed by atoms with Gasteiger partial charge in [-0.05, 0) is 56.4 Å². The molecule has 0 bridgehead atoms. The van der Waals surface area contributed by atoms with Crippen LogP contribution in [0.15, 0.2) is 18.2 Å². The quantitative estimate of drug-likeness (QED) is 0.862. The minimum absolute atomic E-state index is 0.0360. The van der Waals surface area contributed by atoms with Crippen LogP contribution in [0.2, 0.25) is 0 Å². The molecule has 1 heterocycles. The Labute approximate surface area is 149 Å². The molecule has 5 heteroatoms. The molecule has 1 aromatic carbocycles. The van der Waals surface area contributed by atoms with Crippen molar-refractivity contribution in [3.63, 3.8) is 0 Å². The maximum absolute atomic E-state index is 12.1. The number of anilines is 2. The molecule has 1 aromatic rings. The average Bonchev–Trinajstić information content (AvgIpc) is 2.95. The second-order valence-corrected chi connectivity index (χ2v) is 7.54. The molecule has 2 aliphatic carbocycles. The summed E-state index contributed by atoms with van der Waals surface area (Å²) < 4.78 is 10.9. The molecule has 25 heavy (non-hydrogen) atoms. The lowest BCUT2D eigenvalue weighted by atomic mass is 9.51. The van der Waals surface area contributed by atoms with Crippen molar-refractivity contribution in [1.82, 2.24) is 0 Å². The van der Waals surface area contributed by atoms with Gasteiger partial charge in [0.05, 0.1) is 6.10 Å². The van der Waals surface area contributed by atoms with Gasteiger partial charge in [-0.25, -0.2) is 0 Å². The molecule has 0 saturated heterocycles. The van der Waals surface area contributed by atoms with E-state index in [-0.39, 0.29) is 12.5 Å². The highest BCUT2D eigenvalue weighted by Crippen LogP contribution is 2.58. The van der Waals surface area contributed by atoms with Crippen LogP contribution in [0, 0.1) is 5.41 Å². The van der Waals surface area contributed by atoms with E-state index in [1.807, 2.05) is 4.90 Å². The Hall–Kier alpha value is -1.59. The summed E-state index contributed by atoms with van der Waals surface area (Å²) in [6, 6.07) is 6.92. The Kier molecular flexibility index (Phi) is 4.46. The number of benzene rings is 1. The van der Waals surface area contributed by atoms with Gasteiger partial charge in [0.25, 0.3) is 5.91 Å². The number of fused-ring (bicyclic) bond motifs is 1. The van der Waals surface area contributed by atoms with Crippen molar-refractivity contribution in [3.05, 3.63) is 23.8 Å². The number of hydrogen-bond acceptors (Lipinski definition) is 4. The van der Waals surface area contributed by atoms with Crippen molar-refractivity contribution < 1.29 is 14.3 Å². The van der Waals surface area contributed by atoms with E-state index in [4.69, 9.17) is 9.47 Å². The molecular weight excluding hydrogens is 316 g/mol. The van der Waals surface area contributed by atoms with Crippen molar-refractivity contribution in [2.45, 2.75) is 51.2 Å². The molecule has 0 unspecified atom stereocenters. The van der Waals surface area contributed by atoms with E-state index >= 15 is 0 Å². The maximum atomic E-state index is 12.1. The number of methoxy groups -OCH3 is 1. The summed E-state index contributed by atoms with van der Waals surface area (Å²) in [5.41, 5.74) is 3.81. The standard InChI is InChI=1S/C20H28N2O3/c1-3-25-18-12-17(20(18)8-4-9-20)21-15-5-6-16-14(11-15)7-10-22(16)19(23)13-24-2/h5-6,11,17-18,21H,3-4,7-10,12-13H2,1-2H3/t17-,18-/m1/s1. The van der Waals surface area contributed by atoms with Crippen LogP contribution in [0.3, 0.4) is 0 Å². The van der Waals surface area contributed by atoms with Gasteiger partial charge in [0.15, 0.2) is 0 Å². The van der Waals surface area contributed by atoms with Gasteiger partial charge in [0.2, 0.25) is 0 Å². The molecule has 136 valence electrons. The highest BCUT2D eigenvalue weighted by Gasteiger charge is 2.58. The van der Waals surface area contributed by atoms with Crippen molar-refractivity contribution in [2.24, 2.45) is 5.41 Å². The van der Waals surface area contributed by atoms with Gasteiger partial charge in [-0.3, -0.25) is 4.79 Å². The van der Waals surface area contributed by atoms with Gasteiger partial charge in [-0.1, -0.05) is 6.42 Å². The molecule has 2 atom stereocenters. The first-order valence-corrected chi connectivity index (χ1v) is 9.48. The van der Waals surface area contributed by atoms with Crippen LogP contribution in [0.25, 0.3) is 0 Å². The predicted octanol–water partition coefficient (Wildman–Crippen LogP) is 2.98. The van der Waals surface area contributed by atoms with E-state index in [0.717, 1.165) is 31.7 Å². The van der Waals surface area contributed by atoms with Crippen molar-refractivity contribution in [1.29, 1.82) is 0 Å². The van der Waals surface area contributed by atoms with Crippen LogP contribution in [0.4, 0.5) is 11.4 Å². The summed E-state index contributed by atoms with van der Waals surface area (Å²) in [6.45, 7) is 3.79. The van der Waals surface area contributed by atoms with Crippen molar-refractivity contribution in [2.75, 3.05) is 37.1 Å². The first kappa shape index (κ1) is 16.9. The zero-order valence-corrected chi connectivity index (χ0v) is 15.2. The Balaban J connectivity index is 1.44. The van der Waals surface area contributed by atoms with Gasteiger partial charge < -0.3 is 19.7 Å². The Morgan fingerprint density at radius 2 is 2.24 bits per heavy atom. The summed E-state index contributed by atoms with van der Waals surface area (Å²) >= 11 is 0. The van der Waals surface area contributed by atoms with Crippen molar-refractivity contribution >= 4 is 17.3 Å². The molecule has 4 rings (SSSR count). The molecule has 3 aliphatic rings. The third-order valence-corrected chi connectivity index (χ3v) is 6.32. The first-order chi connectivity index (χ1) is 12.2. The fourth-order valence-corrected chi connectivity index (χ4v) is 4.79. The number of nitrogens with one attached hydrogen (secondary N) is 1. The summed E-state index contributed by atoms with van der Waals surface area (Å²) in [5.74, 6) is 0.0360. The molecule has 1 aliphatic heterocycles. The minimum Gasteiger partial charge on any atom is -0.382 e. The third-order valence-electron chi connectivity index (χ3n) is 6.32. The lowest BCUT2D eigenvalue weighted by molar-refractivity contribution is -0.157. The molecule has 2 fully saturated rings. The summed E-state index contributed by atoms with van der Waals surface area (Å²) in [6.07, 6.45) is 6.32. The predicted molar refractivity (Wildman–Crippen MR) is 98.1 cm³/mol. The first-order valence-electron chi connectivity index (χ1n) is 9.48. The van der Waals surface area contributed by atoms with Crippen LogP contribution in [0.1, 0.15) is 38.2 Å². The Bertz CT molecular complexity index is 656. The van der Waals surface area contributed by atoms with Crippen LogP contribution >= 0.6 is 0 Å². The zero-order chi connectivity index (χ0) is 17.4. The van der Waals surface area contributed by atoms with Gasteiger partial charge >= 0.3 is 0 Å². The highest BCUT2D eigenvalue weighted by atomic mass is 16.5. The van der Waals surface area contributed by atoms with E-state index < -0.39 is 0 Å². The smallest absolute Gasteiger partial charge is 0.252 e. The van der Waals surface area contributed by atoms with E-state index in [0.29, 0.717) is 17.6 Å². The third kappa shape index (κ3) is 2.74. The molecule has 1 amide bonds. The molecule has 5 nitrogen and oxygen atoms in total. The molecular formula is C20H28N2O3. The Morgan fingerprint density at radius 1 is 1.40 bits per heavy atom. The second kappa shape index (κ2) is 6.61. The fraction of sp³-hybridized carbons (Fsp3) is 0.650. The minimum atomic E-state index is 0.0360. The fourth-order valence-electron chi connectivity index (χ4n) is 4.79. The van der Waals surface area contributed by atoms with Gasteiger partial charge in [0, 0.05) is 43.1 Å². The maximum Gasteiger partial charge on any atom is 0.252 e. The SMILES string of the molecule is CCO[C@@H]1C[C@@H](Nc2ccc3c(c2)CCN3C(=O)COC)C12CCC2. The molecule has 0 aromatic heterocycles. The van der Waals surface area contributed by atoms with E-state index in [2.05, 4.69) is 30.4 Å². The van der Waals surface area contributed by atoms with E-state index in [9.17, 15) is 4.79 Å². The molecule has 0 radical (unpaired) electrons. The number of hydrogen-bond donors (Lipinski definition) is 1. The molecule has 1 spiro atoms. The van der Waals surface area contributed by atoms with E-state index in [1.54, 1.807) is 7.11 Å². The summed E-state index contributed by atoms with van der Waals surface area (Å²) in [5, 5.41) is 3.75. The lowest BCUT2D eigenvalue weighted by Crippen LogP contribution is -2.64. The Morgan fingerprint density at radius 3 is 2.92 bits per heavy atom. The normalized spacial score (nSPS) is 26.1. The number of ether oxygens (including phenoxy) is 2. The zero-order valence-electron chi connectivity index (χ0n) is 15.2. The van der Waals surface area contributed by atoms with Gasteiger partial charge in [-0.2, -0.15) is 0 Å². The van der Waals surface area contributed by atoms with Crippen LogP contribution in [-0.2, 0) is 20.7 Å². The number of amides is 1. The van der Waals surface area contributed by atoms with Crippen LogP contribution in [-0.4, -0.2) is 44.9 Å². The second-order valence-electron chi connectivity index (χ2n) is 7.54. The number of nitrogens with zero attached hydrogens (tertiary/aromatic N) is 1. The highest BCUT2D eigenvalue weighted by molar-refractivity contribution is 5.96. The molecule has 1 N–H and O–H groups in total. The van der Waals surface area contributed by atoms with Crippen LogP contribution < -0.4 is 10.2 Å². The summed E-state index contributed by atoms with van der Waals surface area (Å²) in [4.78, 5) is 14.0. The largest absolute Gasteiger partial charge is 0.382 e. The number of rotatable bonds is 6. The summed E-state index contributed by atoms with van der Waals surface area (Å²) in [7, 11) is 1.56. The monoisotopic (exact) mass is 344 g/mol. The van der Waals surface area contributed by atoms with Gasteiger partial charge in [0.1, 0.15) is 6.61 Å². The van der Waals surface area contributed by atoms with Crippen LogP contribution in [0.5, 0.6) is 0 Å². The van der Waals surface area contributed by atoms with E-state index in [1.165, 1.54) is 30.5 Å². The topological polar surface area (TPSA) is 50.8 Å². The van der Waals surface area contributed by atoms with Crippen molar-refractivity contribution in [3.8, 4) is 0 Å². The lowest BCUT2D eigenvalue weighted by Gasteiger charge is -2.61. The van der Waals surface area contributed by atoms with Gasteiger partial charge in [-0.15, -0.1) is 0 Å².